The summed E-state index contributed by atoms with van der Waals surface area (Å²) in [4.78, 5) is 10.2. The minimum atomic E-state index is -1.41. The fraction of sp³-hybridized carbons (Fsp3) is 0.240. The summed E-state index contributed by atoms with van der Waals surface area (Å²) in [6.45, 7) is 0. The maximum absolute atomic E-state index is 10.2. The Balaban J connectivity index is 0.000000210. The van der Waals surface area contributed by atoms with Crippen molar-refractivity contribution in [2.75, 3.05) is 7.05 Å². The van der Waals surface area contributed by atoms with Gasteiger partial charge in [0.1, 0.15) is 0 Å². The van der Waals surface area contributed by atoms with Crippen molar-refractivity contribution in [3.8, 4) is 0 Å². The lowest BCUT2D eigenvalue weighted by Gasteiger charge is -2.40. The smallest absolute Gasteiger partial charge is 0.337 e. The number of nitrogens with one attached hydrogen (secondary N) is 1. The molecule has 0 saturated heterocycles. The highest BCUT2D eigenvalue weighted by molar-refractivity contribution is 6.42. The molecule has 1 unspecified atom stereocenters. The zero-order valence-electron chi connectivity index (χ0n) is 17.2. The van der Waals surface area contributed by atoms with E-state index < -0.39 is 12.1 Å². The van der Waals surface area contributed by atoms with E-state index in [0.717, 1.165) is 19.3 Å². The number of aliphatic hydroxyl groups excluding tert-OH is 1. The van der Waals surface area contributed by atoms with Gasteiger partial charge in [-0.05, 0) is 60.7 Å². The Morgan fingerprint density at radius 1 is 1.00 bits per heavy atom. The fourth-order valence-corrected chi connectivity index (χ4v) is 4.37. The van der Waals surface area contributed by atoms with Crippen molar-refractivity contribution < 1.29 is 15.0 Å². The van der Waals surface area contributed by atoms with E-state index in [-0.39, 0.29) is 5.54 Å². The zero-order chi connectivity index (χ0) is 22.4. The molecule has 0 aliphatic heterocycles. The molecule has 2 atom stereocenters. The number of carboxylic acids is 1. The summed E-state index contributed by atoms with van der Waals surface area (Å²) in [7, 11) is 2.02. The summed E-state index contributed by atoms with van der Waals surface area (Å²) in [5.41, 5.74) is 4.19. The number of hydrogen-bond donors (Lipinski definition) is 3. The van der Waals surface area contributed by atoms with Crippen LogP contribution in [0.5, 0.6) is 0 Å². The average molecular weight is 458 g/mol. The highest BCUT2D eigenvalue weighted by Crippen LogP contribution is 2.41. The SMILES string of the molecule is CN[C@]1(c2ccc(Cl)c(Cl)c2)CCCc2ccccc21.O=C(O)C(O)c1ccccc1. The fourth-order valence-electron chi connectivity index (χ4n) is 4.08. The van der Waals surface area contributed by atoms with E-state index in [1.165, 1.54) is 16.7 Å². The van der Waals surface area contributed by atoms with Crippen molar-refractivity contribution in [1.29, 1.82) is 0 Å². The molecule has 0 aromatic heterocycles. The lowest BCUT2D eigenvalue weighted by atomic mass is 9.72. The van der Waals surface area contributed by atoms with Crippen molar-refractivity contribution >= 4 is 29.2 Å². The van der Waals surface area contributed by atoms with E-state index in [1.54, 1.807) is 30.3 Å². The van der Waals surface area contributed by atoms with Crippen LogP contribution in [-0.2, 0) is 16.8 Å². The molecule has 0 radical (unpaired) electrons. The average Bonchev–Trinajstić information content (AvgIpc) is 2.81. The predicted molar refractivity (Wildman–Crippen MR) is 125 cm³/mol. The molecular weight excluding hydrogens is 433 g/mol. The summed E-state index contributed by atoms with van der Waals surface area (Å²) < 4.78 is 0. The largest absolute Gasteiger partial charge is 0.479 e. The van der Waals surface area contributed by atoms with Crippen LogP contribution < -0.4 is 5.32 Å². The summed E-state index contributed by atoms with van der Waals surface area (Å²) in [6.07, 6.45) is 1.97. The van der Waals surface area contributed by atoms with Gasteiger partial charge in [-0.25, -0.2) is 4.79 Å². The molecule has 6 heteroatoms. The van der Waals surface area contributed by atoms with E-state index in [2.05, 4.69) is 35.6 Å². The summed E-state index contributed by atoms with van der Waals surface area (Å²) in [5, 5.41) is 22.1. The van der Waals surface area contributed by atoms with Gasteiger partial charge in [0.15, 0.2) is 6.10 Å². The number of carbonyl (C=O) groups is 1. The van der Waals surface area contributed by atoms with Crippen molar-refractivity contribution in [2.24, 2.45) is 0 Å². The Morgan fingerprint density at radius 2 is 1.68 bits per heavy atom. The molecule has 0 amide bonds. The van der Waals surface area contributed by atoms with Crippen molar-refractivity contribution in [3.63, 3.8) is 0 Å². The quantitative estimate of drug-likeness (QED) is 0.476. The monoisotopic (exact) mass is 457 g/mol. The van der Waals surface area contributed by atoms with Crippen LogP contribution in [0.15, 0.2) is 72.8 Å². The molecule has 0 heterocycles. The second kappa shape index (κ2) is 10.3. The second-order valence-electron chi connectivity index (χ2n) is 7.45. The molecule has 1 aliphatic rings. The third kappa shape index (κ3) is 5.10. The van der Waals surface area contributed by atoms with Gasteiger partial charge in [0, 0.05) is 0 Å². The highest BCUT2D eigenvalue weighted by Gasteiger charge is 2.36. The first-order chi connectivity index (χ1) is 14.9. The van der Waals surface area contributed by atoms with Crippen LogP contribution in [0.3, 0.4) is 0 Å². The summed E-state index contributed by atoms with van der Waals surface area (Å²) in [5.74, 6) is -1.23. The zero-order valence-corrected chi connectivity index (χ0v) is 18.7. The third-order valence-corrected chi connectivity index (χ3v) is 6.40. The standard InChI is InChI=1S/C17H17Cl2N.C8H8O3/c1-20-17(13-8-9-15(18)16(19)11-13)10-4-6-12-5-2-3-7-14(12)17;9-7(8(10)11)6-4-2-1-3-5-6/h2-3,5,7-9,11,20H,4,6,10H2,1H3;1-5,7,9H,(H,10,11)/t17-;/m0./s1. The van der Waals surface area contributed by atoms with E-state index in [4.69, 9.17) is 33.4 Å². The van der Waals surface area contributed by atoms with E-state index in [9.17, 15) is 4.79 Å². The molecule has 3 N–H and O–H groups in total. The van der Waals surface area contributed by atoms with Gasteiger partial charge >= 0.3 is 5.97 Å². The van der Waals surface area contributed by atoms with Gasteiger partial charge in [-0.2, -0.15) is 0 Å². The number of aliphatic hydroxyl groups is 1. The molecule has 1 aliphatic carbocycles. The number of hydrogen-bond acceptors (Lipinski definition) is 3. The minimum Gasteiger partial charge on any atom is -0.479 e. The number of halogens is 2. The predicted octanol–water partition coefficient (Wildman–Crippen LogP) is 5.60. The van der Waals surface area contributed by atoms with Gasteiger partial charge in [0.05, 0.1) is 15.6 Å². The number of aryl methyl sites for hydroxylation is 1. The number of benzene rings is 3. The molecular formula is C25H25Cl2NO3. The van der Waals surface area contributed by atoms with E-state index in [1.807, 2.05) is 19.2 Å². The van der Waals surface area contributed by atoms with Crippen LogP contribution in [0.1, 0.15) is 41.2 Å². The first kappa shape index (κ1) is 23.3. The van der Waals surface area contributed by atoms with Crippen LogP contribution in [-0.4, -0.2) is 23.2 Å². The van der Waals surface area contributed by atoms with E-state index >= 15 is 0 Å². The molecule has 4 rings (SSSR count). The molecule has 3 aromatic carbocycles. The molecule has 0 bridgehead atoms. The van der Waals surface area contributed by atoms with Crippen molar-refractivity contribution in [3.05, 3.63) is 105 Å². The highest BCUT2D eigenvalue weighted by atomic mass is 35.5. The molecule has 3 aromatic rings. The molecule has 0 fully saturated rings. The number of aliphatic carboxylic acids is 1. The Morgan fingerprint density at radius 3 is 2.32 bits per heavy atom. The molecule has 162 valence electrons. The second-order valence-corrected chi connectivity index (χ2v) is 8.26. The van der Waals surface area contributed by atoms with Gasteiger partial charge in [-0.15, -0.1) is 0 Å². The molecule has 0 spiro atoms. The molecule has 31 heavy (non-hydrogen) atoms. The lowest BCUT2D eigenvalue weighted by molar-refractivity contribution is -0.146. The Labute approximate surface area is 192 Å². The van der Waals surface area contributed by atoms with Crippen LogP contribution >= 0.6 is 23.2 Å². The first-order valence-electron chi connectivity index (χ1n) is 10.1. The van der Waals surface area contributed by atoms with Gasteiger partial charge in [0.25, 0.3) is 0 Å². The van der Waals surface area contributed by atoms with Gasteiger partial charge in [0.2, 0.25) is 0 Å². The first-order valence-corrected chi connectivity index (χ1v) is 10.8. The van der Waals surface area contributed by atoms with Gasteiger partial charge < -0.3 is 15.5 Å². The van der Waals surface area contributed by atoms with Crippen molar-refractivity contribution in [2.45, 2.75) is 30.9 Å². The normalized spacial score (nSPS) is 18.3. The maximum Gasteiger partial charge on any atom is 0.337 e. The number of fused-ring (bicyclic) bond motifs is 1. The minimum absolute atomic E-state index is 0.164. The summed E-state index contributed by atoms with van der Waals surface area (Å²) in [6, 6.07) is 22.9. The number of carboxylic acid groups (broad SMARTS) is 1. The topological polar surface area (TPSA) is 69.6 Å². The van der Waals surface area contributed by atoms with E-state index in [0.29, 0.717) is 15.6 Å². The number of rotatable bonds is 4. The maximum atomic E-state index is 10.2. The van der Waals surface area contributed by atoms with Gasteiger partial charge in [-0.1, -0.05) is 83.9 Å². The summed E-state index contributed by atoms with van der Waals surface area (Å²) >= 11 is 12.3. The molecule has 4 nitrogen and oxygen atoms in total. The van der Waals surface area contributed by atoms with Crippen LogP contribution in [0, 0.1) is 0 Å². The van der Waals surface area contributed by atoms with Gasteiger partial charge in [-0.3, -0.25) is 0 Å². The Kier molecular flexibility index (Phi) is 7.74. The lowest BCUT2D eigenvalue weighted by Crippen LogP contribution is -2.43. The van der Waals surface area contributed by atoms with Crippen molar-refractivity contribution in [1.82, 2.24) is 5.32 Å². The third-order valence-electron chi connectivity index (χ3n) is 5.66. The Bertz CT molecular complexity index is 1040. The van der Waals surface area contributed by atoms with Crippen LogP contribution in [0.25, 0.3) is 0 Å². The molecule has 0 saturated carbocycles. The Hall–Kier alpha value is -2.37. The van der Waals surface area contributed by atoms with Crippen LogP contribution in [0.2, 0.25) is 10.0 Å². The van der Waals surface area contributed by atoms with Crippen LogP contribution in [0.4, 0.5) is 0 Å².